The summed E-state index contributed by atoms with van der Waals surface area (Å²) in [5, 5.41) is 0. The van der Waals surface area contributed by atoms with Crippen LogP contribution in [0.1, 0.15) is 93.5 Å². The van der Waals surface area contributed by atoms with E-state index in [4.69, 9.17) is 0 Å². The normalized spacial score (nSPS) is 23.7. The van der Waals surface area contributed by atoms with Gasteiger partial charge in [-0.25, -0.2) is 0 Å². The minimum Gasteiger partial charge on any atom is -0.337 e. The molecule has 0 radical (unpaired) electrons. The molecule has 0 bridgehead atoms. The van der Waals surface area contributed by atoms with Gasteiger partial charge in [-0.15, -0.1) is 0 Å². The minimum atomic E-state index is -0.0758. The van der Waals surface area contributed by atoms with Crippen molar-refractivity contribution >= 4 is 28.4 Å². The number of allylic oxidation sites excluding steroid dienone is 6. The van der Waals surface area contributed by atoms with Gasteiger partial charge in [0.1, 0.15) is 0 Å². The van der Waals surface area contributed by atoms with E-state index in [1.54, 1.807) is 5.57 Å². The van der Waals surface area contributed by atoms with Gasteiger partial charge < -0.3 is 14.7 Å². The Balaban J connectivity index is 0.975. The average molecular weight is 832 g/mol. The lowest BCUT2D eigenvalue weighted by Crippen LogP contribution is -2.40. The van der Waals surface area contributed by atoms with Gasteiger partial charge in [0, 0.05) is 74.5 Å². The van der Waals surface area contributed by atoms with Crippen molar-refractivity contribution in [2.45, 2.75) is 88.6 Å². The average Bonchev–Trinajstić information content (AvgIpc) is 3.86. The highest BCUT2D eigenvalue weighted by Gasteiger charge is 2.48. The van der Waals surface area contributed by atoms with E-state index in [9.17, 15) is 0 Å². The van der Waals surface area contributed by atoms with E-state index < -0.39 is 0 Å². The van der Waals surface area contributed by atoms with Gasteiger partial charge in [0.05, 0.1) is 6.04 Å². The summed E-state index contributed by atoms with van der Waals surface area (Å²) >= 11 is 0. The third kappa shape index (κ3) is 5.93. The first-order valence-electron chi connectivity index (χ1n) is 23.6. The monoisotopic (exact) mass is 831 g/mol. The molecule has 5 aliphatic carbocycles. The fourth-order valence-corrected chi connectivity index (χ4v) is 12.6. The lowest BCUT2D eigenvalue weighted by molar-refractivity contribution is 0.531. The predicted octanol–water partition coefficient (Wildman–Crippen LogP) is 15.3. The van der Waals surface area contributed by atoms with Crippen molar-refractivity contribution in [2.24, 2.45) is 5.92 Å². The van der Waals surface area contributed by atoms with Crippen LogP contribution in [-0.2, 0) is 10.8 Å². The second-order valence-electron chi connectivity index (χ2n) is 20.0. The van der Waals surface area contributed by atoms with Crippen molar-refractivity contribution in [1.29, 1.82) is 0 Å². The molecule has 1 aliphatic heterocycles. The Kier molecular flexibility index (Phi) is 8.99. The summed E-state index contributed by atoms with van der Waals surface area (Å²) in [6.07, 6.45) is 20.3. The van der Waals surface area contributed by atoms with Crippen LogP contribution in [0.25, 0.3) is 11.1 Å². The molecule has 0 N–H and O–H groups in total. The molecule has 3 heteroatoms. The van der Waals surface area contributed by atoms with E-state index in [1.165, 1.54) is 78.8 Å². The van der Waals surface area contributed by atoms with Gasteiger partial charge in [-0.2, -0.15) is 0 Å². The van der Waals surface area contributed by atoms with Crippen LogP contribution in [-0.4, -0.2) is 12.1 Å². The van der Waals surface area contributed by atoms with Gasteiger partial charge in [-0.1, -0.05) is 168 Å². The highest BCUT2D eigenvalue weighted by Crippen LogP contribution is 2.59. The maximum absolute atomic E-state index is 2.76. The Morgan fingerprint density at radius 3 is 2.00 bits per heavy atom. The SMILES string of the molecule is CC1C=C(N2c3cc4c(cc3C3C=C(N(c5ccccc5)c5ccc6c(c5)C(C)(C)c5ccccc5-6)CCC32)C2CC=CC=C2C4(C)C)C=CC1N(c1ccccc1)c1ccccc1. The molecule has 6 aliphatic rings. The second kappa shape index (κ2) is 14.7. The van der Waals surface area contributed by atoms with Crippen LogP contribution in [0.3, 0.4) is 0 Å². The van der Waals surface area contributed by atoms with Crippen molar-refractivity contribution in [3.63, 3.8) is 0 Å². The molecule has 5 atom stereocenters. The summed E-state index contributed by atoms with van der Waals surface area (Å²) in [7, 11) is 0. The summed E-state index contributed by atoms with van der Waals surface area (Å²) in [4.78, 5) is 7.86. The lowest BCUT2D eigenvalue weighted by atomic mass is 9.79. The smallest absolute Gasteiger partial charge is 0.0586 e. The fourth-order valence-electron chi connectivity index (χ4n) is 12.6. The number of para-hydroxylation sites is 3. The summed E-state index contributed by atoms with van der Waals surface area (Å²) in [5.41, 5.74) is 20.5. The molecule has 0 aromatic heterocycles. The molecule has 1 heterocycles. The number of hydrogen-bond acceptors (Lipinski definition) is 3. The highest BCUT2D eigenvalue weighted by molar-refractivity contribution is 5.84. The third-order valence-corrected chi connectivity index (χ3v) is 15.8. The maximum Gasteiger partial charge on any atom is 0.0586 e. The molecule has 6 aromatic carbocycles. The van der Waals surface area contributed by atoms with Gasteiger partial charge in [-0.05, 0) is 119 Å². The summed E-state index contributed by atoms with van der Waals surface area (Å²) < 4.78 is 0. The number of rotatable bonds is 7. The number of fused-ring (bicyclic) bond motifs is 9. The number of hydrogen-bond donors (Lipinski definition) is 0. The van der Waals surface area contributed by atoms with Crippen LogP contribution in [0, 0.1) is 5.92 Å². The molecule has 0 saturated heterocycles. The van der Waals surface area contributed by atoms with Gasteiger partial charge in [-0.3, -0.25) is 0 Å². The number of anilines is 5. The highest BCUT2D eigenvalue weighted by atomic mass is 15.2. The van der Waals surface area contributed by atoms with E-state index in [-0.39, 0.29) is 28.7 Å². The Morgan fingerprint density at radius 1 is 0.609 bits per heavy atom. The summed E-state index contributed by atoms with van der Waals surface area (Å²) in [6, 6.07) is 54.9. The van der Waals surface area contributed by atoms with Crippen molar-refractivity contribution in [3.05, 3.63) is 233 Å². The van der Waals surface area contributed by atoms with Crippen LogP contribution >= 0.6 is 0 Å². The molecule has 0 fully saturated rings. The number of nitrogens with zero attached hydrogens (tertiary/aromatic N) is 3. The van der Waals surface area contributed by atoms with Gasteiger partial charge in [0.25, 0.3) is 0 Å². The van der Waals surface area contributed by atoms with Crippen LogP contribution < -0.4 is 14.7 Å². The molecule has 5 unspecified atom stereocenters. The molecular weight excluding hydrogens is 775 g/mol. The Labute approximate surface area is 380 Å². The fraction of sp³-hybridized carbons (Fsp3) is 0.246. The van der Waals surface area contributed by atoms with Crippen molar-refractivity contribution in [3.8, 4) is 11.1 Å². The molecule has 316 valence electrons. The zero-order valence-corrected chi connectivity index (χ0v) is 37.7. The molecule has 6 aromatic rings. The predicted molar refractivity (Wildman–Crippen MR) is 268 cm³/mol. The lowest BCUT2D eigenvalue weighted by Gasteiger charge is -2.40. The zero-order valence-electron chi connectivity index (χ0n) is 37.7. The second-order valence-corrected chi connectivity index (χ2v) is 20.0. The summed E-state index contributed by atoms with van der Waals surface area (Å²) in [5.74, 6) is 0.954. The topological polar surface area (TPSA) is 9.72 Å². The van der Waals surface area contributed by atoms with E-state index >= 15 is 0 Å². The van der Waals surface area contributed by atoms with Crippen molar-refractivity contribution in [2.75, 3.05) is 14.7 Å². The van der Waals surface area contributed by atoms with Gasteiger partial charge in [0.15, 0.2) is 0 Å². The largest absolute Gasteiger partial charge is 0.337 e. The number of benzene rings is 6. The first-order chi connectivity index (χ1) is 31.2. The molecular formula is C61H57N3. The molecule has 0 amide bonds. The molecule has 0 spiro atoms. The van der Waals surface area contributed by atoms with E-state index in [0.29, 0.717) is 12.0 Å². The first kappa shape index (κ1) is 39.0. The van der Waals surface area contributed by atoms with E-state index in [2.05, 4.69) is 237 Å². The molecule has 0 saturated carbocycles. The Hall–Kier alpha value is -6.58. The van der Waals surface area contributed by atoms with Crippen molar-refractivity contribution in [1.82, 2.24) is 0 Å². The van der Waals surface area contributed by atoms with Crippen LogP contribution in [0.15, 0.2) is 205 Å². The van der Waals surface area contributed by atoms with Crippen molar-refractivity contribution < 1.29 is 0 Å². The molecule has 12 rings (SSSR count). The first-order valence-corrected chi connectivity index (χ1v) is 23.6. The van der Waals surface area contributed by atoms with Gasteiger partial charge >= 0.3 is 0 Å². The summed E-state index contributed by atoms with van der Waals surface area (Å²) in [6.45, 7) is 12.1. The standard InChI is InChI=1S/C61H57N3/c1-40-35-44(30-33-57(40)63(42-21-11-7-12-22-42)43-23-13-8-14-24-43)64-58-34-31-45(36-51(58)52-38-50-48-26-16-18-28-54(48)61(4,5)56(50)39-59(52)64)62(41-19-9-6-10-20-41)46-29-32-49-47-25-15-17-27-53(47)60(2,3)55(49)37-46/h6-25,27-30,32-33,35-40,48,51,57-58H,26,31,34H2,1-5H3. The molecule has 64 heavy (non-hydrogen) atoms. The van der Waals surface area contributed by atoms with Gasteiger partial charge in [0.2, 0.25) is 0 Å². The van der Waals surface area contributed by atoms with E-state index in [0.717, 1.165) is 19.3 Å². The van der Waals surface area contributed by atoms with Crippen LogP contribution in [0.5, 0.6) is 0 Å². The Morgan fingerprint density at radius 2 is 1.28 bits per heavy atom. The zero-order chi connectivity index (χ0) is 43.3. The maximum atomic E-state index is 2.76. The quantitative estimate of drug-likeness (QED) is 0.159. The van der Waals surface area contributed by atoms with Crippen LogP contribution in [0.4, 0.5) is 28.4 Å². The Bertz CT molecular complexity index is 2930. The third-order valence-electron chi connectivity index (χ3n) is 15.8. The van der Waals surface area contributed by atoms with Crippen LogP contribution in [0.2, 0.25) is 0 Å². The molecule has 3 nitrogen and oxygen atoms in total. The van der Waals surface area contributed by atoms with E-state index in [1.807, 2.05) is 0 Å². The minimum absolute atomic E-state index is 0.0215.